The Morgan fingerprint density at radius 1 is 1.36 bits per heavy atom. The molecule has 25 heavy (non-hydrogen) atoms. The number of fused-ring (bicyclic) bond motifs is 1. The number of aromatic nitrogens is 3. The molecule has 128 valence electrons. The van der Waals surface area contributed by atoms with Crippen LogP contribution in [0.1, 0.15) is 12.5 Å². The fraction of sp³-hybridized carbons (Fsp3) is 0.167. The summed E-state index contributed by atoms with van der Waals surface area (Å²) in [6.45, 7) is 1.84. The molecule has 0 aliphatic carbocycles. The molecule has 3 rings (SSSR count). The molecule has 0 aliphatic rings. The van der Waals surface area contributed by atoms with Gasteiger partial charge in [-0.3, -0.25) is 4.79 Å². The average Bonchev–Trinajstić information content (AvgIpc) is 3.01. The number of aliphatic hydroxyl groups excluding tert-OH is 1. The first kappa shape index (κ1) is 16.7. The lowest BCUT2D eigenvalue weighted by atomic mass is 10.1. The molecule has 7 heteroatoms. The molecule has 0 fully saturated rings. The summed E-state index contributed by atoms with van der Waals surface area (Å²) in [7, 11) is 0. The lowest BCUT2D eigenvalue weighted by Crippen LogP contribution is -2.13. The summed E-state index contributed by atoms with van der Waals surface area (Å²) in [5.41, 5.74) is 8.46. The first-order valence-corrected chi connectivity index (χ1v) is 7.75. The van der Waals surface area contributed by atoms with Crippen molar-refractivity contribution in [2.45, 2.75) is 13.0 Å². The van der Waals surface area contributed by atoms with Crippen LogP contribution in [0.15, 0.2) is 42.9 Å². The topological polar surface area (TPSA) is 114 Å². The predicted molar refractivity (Wildman–Crippen MR) is 94.7 cm³/mol. The standard InChI is InChI=1S/C18H18N4O3/c1-11(23)10-25-17-5-3-12(7-20-17)14-6-15-13(2-4-16(19)24)8-21-18(15)22-9-14/h2-9,11,23H,10H2,1H3,(H2,19,24)(H,21,22)/t11-/m0/s1. The number of hydrogen-bond donors (Lipinski definition) is 3. The first-order chi connectivity index (χ1) is 12.0. The number of nitrogens with two attached hydrogens (primary N) is 1. The van der Waals surface area contributed by atoms with Crippen molar-refractivity contribution in [1.29, 1.82) is 0 Å². The lowest BCUT2D eigenvalue weighted by molar-refractivity contribution is -0.113. The minimum atomic E-state index is -0.548. The van der Waals surface area contributed by atoms with Crippen molar-refractivity contribution in [3.63, 3.8) is 0 Å². The number of aliphatic hydroxyl groups is 1. The number of nitrogens with one attached hydrogen (secondary N) is 1. The third kappa shape index (κ3) is 4.02. The van der Waals surface area contributed by atoms with Crippen LogP contribution in [0.4, 0.5) is 0 Å². The molecule has 0 radical (unpaired) electrons. The second-order valence-corrected chi connectivity index (χ2v) is 5.65. The van der Waals surface area contributed by atoms with Crippen LogP contribution in [0.25, 0.3) is 28.2 Å². The van der Waals surface area contributed by atoms with Crippen LogP contribution < -0.4 is 10.5 Å². The second kappa shape index (κ2) is 7.14. The Labute approximate surface area is 144 Å². The smallest absolute Gasteiger partial charge is 0.241 e. The van der Waals surface area contributed by atoms with Crippen molar-refractivity contribution in [3.8, 4) is 17.0 Å². The van der Waals surface area contributed by atoms with Crippen molar-refractivity contribution in [1.82, 2.24) is 15.0 Å². The zero-order valence-electron chi connectivity index (χ0n) is 13.6. The minimum absolute atomic E-state index is 0.193. The summed E-state index contributed by atoms with van der Waals surface area (Å²) in [5, 5.41) is 10.1. The predicted octanol–water partition coefficient (Wildman–Crippen LogP) is 1.88. The number of nitrogens with zero attached hydrogens (tertiary/aromatic N) is 2. The molecule has 0 unspecified atom stereocenters. The number of H-pyrrole nitrogens is 1. The van der Waals surface area contributed by atoms with Crippen LogP contribution in [-0.2, 0) is 4.79 Å². The Kier molecular flexibility index (Phi) is 4.76. The molecule has 3 aromatic heterocycles. The van der Waals surface area contributed by atoms with E-state index in [0.717, 1.165) is 27.7 Å². The molecule has 0 saturated carbocycles. The molecule has 1 atom stereocenters. The number of primary amides is 1. The summed E-state index contributed by atoms with van der Waals surface area (Å²) >= 11 is 0. The number of ether oxygens (including phenoxy) is 1. The van der Waals surface area contributed by atoms with Crippen LogP contribution in [0.3, 0.4) is 0 Å². The Morgan fingerprint density at radius 2 is 2.16 bits per heavy atom. The van der Waals surface area contributed by atoms with E-state index in [0.29, 0.717) is 5.88 Å². The Balaban J connectivity index is 1.88. The maximum absolute atomic E-state index is 10.9. The Morgan fingerprint density at radius 3 is 2.84 bits per heavy atom. The van der Waals surface area contributed by atoms with Gasteiger partial charge in [0.15, 0.2) is 0 Å². The number of pyridine rings is 2. The SMILES string of the molecule is C[C@H](O)COc1ccc(-c2cnc3[nH]cc(C=CC(N)=O)c3c2)cn1. The molecule has 3 heterocycles. The summed E-state index contributed by atoms with van der Waals surface area (Å²) in [5.74, 6) is -0.0548. The van der Waals surface area contributed by atoms with Crippen LogP contribution in [0.5, 0.6) is 5.88 Å². The number of carbonyl (C=O) groups is 1. The number of carbonyl (C=O) groups excluding carboxylic acids is 1. The molecule has 0 spiro atoms. The summed E-state index contributed by atoms with van der Waals surface area (Å²) < 4.78 is 5.35. The highest BCUT2D eigenvalue weighted by Crippen LogP contribution is 2.25. The van der Waals surface area contributed by atoms with Crippen molar-refractivity contribution in [2.24, 2.45) is 5.73 Å². The van der Waals surface area contributed by atoms with E-state index in [4.69, 9.17) is 10.5 Å². The van der Waals surface area contributed by atoms with Crippen LogP contribution >= 0.6 is 0 Å². The van der Waals surface area contributed by atoms with Crippen molar-refractivity contribution < 1.29 is 14.6 Å². The normalized spacial score (nSPS) is 12.6. The molecule has 4 N–H and O–H groups in total. The summed E-state index contributed by atoms with van der Waals surface area (Å²) in [6, 6.07) is 5.58. The molecule has 0 saturated heterocycles. The fourth-order valence-corrected chi connectivity index (χ4v) is 2.33. The zero-order valence-corrected chi connectivity index (χ0v) is 13.6. The van der Waals surface area contributed by atoms with Crippen molar-refractivity contribution in [2.75, 3.05) is 6.61 Å². The van der Waals surface area contributed by atoms with Gasteiger partial charge in [-0.25, -0.2) is 9.97 Å². The quantitative estimate of drug-likeness (QED) is 0.594. The van der Waals surface area contributed by atoms with Gasteiger partial charge in [-0.15, -0.1) is 0 Å². The summed E-state index contributed by atoms with van der Waals surface area (Å²) in [4.78, 5) is 22.6. The lowest BCUT2D eigenvalue weighted by Gasteiger charge is -2.08. The minimum Gasteiger partial charge on any atom is -0.475 e. The Hall–Kier alpha value is -3.19. The molecule has 3 aromatic rings. The Bertz CT molecular complexity index is 914. The highest BCUT2D eigenvalue weighted by atomic mass is 16.5. The third-order valence-corrected chi connectivity index (χ3v) is 3.53. The van der Waals surface area contributed by atoms with Gasteiger partial charge in [0.1, 0.15) is 12.3 Å². The number of aromatic amines is 1. The van der Waals surface area contributed by atoms with E-state index in [1.165, 1.54) is 6.08 Å². The molecule has 0 aliphatic heterocycles. The monoisotopic (exact) mass is 338 g/mol. The van der Waals surface area contributed by atoms with Crippen molar-refractivity contribution >= 4 is 23.0 Å². The van der Waals surface area contributed by atoms with Gasteiger partial charge in [-0.1, -0.05) is 0 Å². The average molecular weight is 338 g/mol. The number of amides is 1. The zero-order chi connectivity index (χ0) is 17.8. The highest BCUT2D eigenvalue weighted by molar-refractivity contribution is 5.95. The van der Waals surface area contributed by atoms with E-state index in [9.17, 15) is 9.90 Å². The molecule has 0 aromatic carbocycles. The van der Waals surface area contributed by atoms with Gasteiger partial charge in [0.05, 0.1) is 6.10 Å². The molecule has 0 bridgehead atoms. The largest absolute Gasteiger partial charge is 0.475 e. The van der Waals surface area contributed by atoms with E-state index in [-0.39, 0.29) is 6.61 Å². The summed E-state index contributed by atoms with van der Waals surface area (Å²) in [6.07, 6.45) is 7.61. The highest BCUT2D eigenvalue weighted by Gasteiger charge is 2.07. The van der Waals surface area contributed by atoms with E-state index in [2.05, 4.69) is 15.0 Å². The van der Waals surface area contributed by atoms with Crippen LogP contribution in [-0.4, -0.2) is 38.7 Å². The van der Waals surface area contributed by atoms with Gasteiger partial charge < -0.3 is 20.6 Å². The van der Waals surface area contributed by atoms with E-state index in [1.807, 2.05) is 12.1 Å². The third-order valence-electron chi connectivity index (χ3n) is 3.53. The van der Waals surface area contributed by atoms with Crippen molar-refractivity contribution in [3.05, 3.63) is 48.4 Å². The number of hydrogen-bond acceptors (Lipinski definition) is 5. The van der Waals surface area contributed by atoms with E-state index in [1.54, 1.807) is 37.7 Å². The van der Waals surface area contributed by atoms with E-state index < -0.39 is 12.0 Å². The fourth-order valence-electron chi connectivity index (χ4n) is 2.33. The maximum Gasteiger partial charge on any atom is 0.241 e. The van der Waals surface area contributed by atoms with Gasteiger partial charge in [0.25, 0.3) is 0 Å². The first-order valence-electron chi connectivity index (χ1n) is 7.75. The van der Waals surface area contributed by atoms with Crippen LogP contribution in [0, 0.1) is 0 Å². The second-order valence-electron chi connectivity index (χ2n) is 5.65. The number of rotatable bonds is 6. The van der Waals surface area contributed by atoms with Gasteiger partial charge >= 0.3 is 0 Å². The van der Waals surface area contributed by atoms with E-state index >= 15 is 0 Å². The van der Waals surface area contributed by atoms with Gasteiger partial charge in [0.2, 0.25) is 11.8 Å². The molecule has 1 amide bonds. The maximum atomic E-state index is 10.9. The van der Waals surface area contributed by atoms with Gasteiger partial charge in [-0.05, 0) is 25.1 Å². The molecular weight excluding hydrogens is 320 g/mol. The molecular formula is C18H18N4O3. The van der Waals surface area contributed by atoms with Gasteiger partial charge in [0, 0.05) is 52.8 Å². The van der Waals surface area contributed by atoms with Crippen LogP contribution in [0.2, 0.25) is 0 Å². The van der Waals surface area contributed by atoms with Gasteiger partial charge in [-0.2, -0.15) is 0 Å². The molecule has 7 nitrogen and oxygen atoms in total.